The molecule has 0 atom stereocenters. The first-order valence-electron chi connectivity index (χ1n) is 4.76. The summed E-state index contributed by atoms with van der Waals surface area (Å²) in [5.74, 6) is -3.02. The highest BCUT2D eigenvalue weighted by Crippen LogP contribution is 2.41. The molecule has 0 aliphatic heterocycles. The van der Waals surface area contributed by atoms with Crippen molar-refractivity contribution in [3.63, 3.8) is 0 Å². The van der Waals surface area contributed by atoms with E-state index in [4.69, 9.17) is 0 Å². The molecule has 0 spiro atoms. The Balaban J connectivity index is 2.77. The predicted octanol–water partition coefficient (Wildman–Crippen LogP) is 4.57. The number of aromatic hydroxyl groups is 2. The molecule has 0 amide bonds. The van der Waals surface area contributed by atoms with Gasteiger partial charge in [-0.25, -0.2) is 8.78 Å². The Hall–Kier alpha value is -1.14. The number of rotatable bonds is 1. The van der Waals surface area contributed by atoms with E-state index in [0.29, 0.717) is 8.95 Å². The molecule has 0 bridgehead atoms. The fraction of sp³-hybridized carbons (Fsp3) is 0. The van der Waals surface area contributed by atoms with Crippen molar-refractivity contribution in [3.05, 3.63) is 44.8 Å². The monoisotopic (exact) mass is 378 g/mol. The first-order chi connectivity index (χ1) is 8.40. The molecule has 2 N–H and O–H groups in total. The van der Waals surface area contributed by atoms with Crippen LogP contribution in [0.1, 0.15) is 0 Å². The van der Waals surface area contributed by atoms with Gasteiger partial charge >= 0.3 is 0 Å². The first-order valence-corrected chi connectivity index (χ1v) is 6.35. The summed E-state index contributed by atoms with van der Waals surface area (Å²) in [5.41, 5.74) is -0.000787. The SMILES string of the molecule is Oc1c(F)cc(Br)cc1-c1cc(Br)cc(F)c1O. The summed E-state index contributed by atoms with van der Waals surface area (Å²) in [6, 6.07) is 4.92. The molecule has 0 fully saturated rings. The molecule has 2 aromatic rings. The number of hydrogen-bond acceptors (Lipinski definition) is 2. The fourth-order valence-corrected chi connectivity index (χ4v) is 2.40. The van der Waals surface area contributed by atoms with Gasteiger partial charge in [0, 0.05) is 20.1 Å². The number of benzene rings is 2. The van der Waals surface area contributed by atoms with Crippen LogP contribution in [0.25, 0.3) is 11.1 Å². The van der Waals surface area contributed by atoms with Crippen LogP contribution < -0.4 is 0 Å². The molecule has 0 unspecified atom stereocenters. The maximum atomic E-state index is 13.4. The van der Waals surface area contributed by atoms with E-state index in [2.05, 4.69) is 31.9 Å². The van der Waals surface area contributed by atoms with Gasteiger partial charge in [-0.15, -0.1) is 0 Å². The summed E-state index contributed by atoms with van der Waals surface area (Å²) in [7, 11) is 0. The van der Waals surface area contributed by atoms with Crippen LogP contribution in [0.5, 0.6) is 11.5 Å². The molecular formula is C12H6Br2F2O2. The van der Waals surface area contributed by atoms with Gasteiger partial charge in [-0.2, -0.15) is 0 Å². The van der Waals surface area contributed by atoms with E-state index in [0.717, 1.165) is 12.1 Å². The number of hydrogen-bond donors (Lipinski definition) is 2. The summed E-state index contributed by atoms with van der Waals surface area (Å²) in [5, 5.41) is 19.3. The van der Waals surface area contributed by atoms with E-state index in [1.54, 1.807) is 0 Å². The normalized spacial score (nSPS) is 10.7. The molecule has 2 aromatic carbocycles. The minimum atomic E-state index is -0.862. The molecule has 0 aliphatic carbocycles. The van der Waals surface area contributed by atoms with Crippen molar-refractivity contribution in [2.45, 2.75) is 0 Å². The summed E-state index contributed by atoms with van der Waals surface area (Å²) >= 11 is 6.14. The van der Waals surface area contributed by atoms with Crippen LogP contribution in [0, 0.1) is 11.6 Å². The lowest BCUT2D eigenvalue weighted by Gasteiger charge is -2.10. The predicted molar refractivity (Wildman–Crippen MR) is 70.5 cm³/mol. The molecule has 18 heavy (non-hydrogen) atoms. The van der Waals surface area contributed by atoms with Crippen LogP contribution in [0.15, 0.2) is 33.2 Å². The maximum absolute atomic E-state index is 13.4. The van der Waals surface area contributed by atoms with E-state index < -0.39 is 23.1 Å². The van der Waals surface area contributed by atoms with Crippen molar-refractivity contribution < 1.29 is 19.0 Å². The topological polar surface area (TPSA) is 40.5 Å². The Labute approximate surface area is 118 Å². The smallest absolute Gasteiger partial charge is 0.166 e. The third-order valence-electron chi connectivity index (χ3n) is 2.35. The standard InChI is InChI=1S/C12H6Br2F2O2/c13-5-1-7(11(17)9(15)3-5)8-2-6(14)4-10(16)12(8)18/h1-4,17-18H. The van der Waals surface area contributed by atoms with Crippen molar-refractivity contribution in [2.24, 2.45) is 0 Å². The second kappa shape index (κ2) is 4.85. The molecule has 0 radical (unpaired) electrons. The van der Waals surface area contributed by atoms with Gasteiger partial charge in [-0.05, 0) is 24.3 Å². The van der Waals surface area contributed by atoms with Crippen LogP contribution in [-0.2, 0) is 0 Å². The largest absolute Gasteiger partial charge is 0.504 e. The Morgan fingerprint density at radius 2 is 1.06 bits per heavy atom. The minimum Gasteiger partial charge on any atom is -0.504 e. The van der Waals surface area contributed by atoms with Gasteiger partial charge in [0.05, 0.1) is 0 Å². The third-order valence-corrected chi connectivity index (χ3v) is 3.26. The minimum absolute atomic E-state index is 0.000394. The zero-order valence-electron chi connectivity index (χ0n) is 8.72. The van der Waals surface area contributed by atoms with Crippen molar-refractivity contribution in [2.75, 3.05) is 0 Å². The second-order valence-electron chi connectivity index (χ2n) is 3.57. The maximum Gasteiger partial charge on any atom is 0.166 e. The molecule has 0 heterocycles. The molecular weight excluding hydrogens is 374 g/mol. The van der Waals surface area contributed by atoms with E-state index in [-0.39, 0.29) is 11.1 Å². The van der Waals surface area contributed by atoms with Crippen LogP contribution in [-0.4, -0.2) is 10.2 Å². The lowest BCUT2D eigenvalue weighted by molar-refractivity contribution is 0.426. The molecule has 94 valence electrons. The van der Waals surface area contributed by atoms with Gasteiger partial charge in [0.1, 0.15) is 0 Å². The summed E-state index contributed by atoms with van der Waals surface area (Å²) in [6.07, 6.45) is 0. The van der Waals surface area contributed by atoms with Gasteiger partial charge in [-0.3, -0.25) is 0 Å². The Morgan fingerprint density at radius 1 is 0.722 bits per heavy atom. The molecule has 0 aromatic heterocycles. The highest BCUT2D eigenvalue weighted by Gasteiger charge is 2.17. The number of phenols is 2. The molecule has 2 rings (SSSR count). The summed E-state index contributed by atoms with van der Waals surface area (Å²) in [4.78, 5) is 0. The summed E-state index contributed by atoms with van der Waals surface area (Å²) in [6.45, 7) is 0. The number of phenolic OH excluding ortho intramolecular Hbond substituents is 2. The second-order valence-corrected chi connectivity index (χ2v) is 5.40. The summed E-state index contributed by atoms with van der Waals surface area (Å²) < 4.78 is 27.5. The average molecular weight is 380 g/mol. The highest BCUT2D eigenvalue weighted by atomic mass is 79.9. The Bertz CT molecular complexity index is 574. The van der Waals surface area contributed by atoms with Gasteiger partial charge < -0.3 is 10.2 Å². The van der Waals surface area contributed by atoms with Gasteiger partial charge in [0.15, 0.2) is 23.1 Å². The first kappa shape index (κ1) is 13.3. The highest BCUT2D eigenvalue weighted by molar-refractivity contribution is 9.10. The molecule has 0 saturated carbocycles. The molecule has 2 nitrogen and oxygen atoms in total. The molecule has 6 heteroatoms. The quantitative estimate of drug-likeness (QED) is 0.762. The zero-order chi connectivity index (χ0) is 13.4. The van der Waals surface area contributed by atoms with Gasteiger partial charge in [0.25, 0.3) is 0 Å². The van der Waals surface area contributed by atoms with Gasteiger partial charge in [-0.1, -0.05) is 31.9 Å². The van der Waals surface area contributed by atoms with Crippen LogP contribution in [0.4, 0.5) is 8.78 Å². The van der Waals surface area contributed by atoms with Crippen LogP contribution in [0.3, 0.4) is 0 Å². The lowest BCUT2D eigenvalue weighted by atomic mass is 10.0. The van der Waals surface area contributed by atoms with Crippen molar-refractivity contribution in [3.8, 4) is 22.6 Å². The fourth-order valence-electron chi connectivity index (χ4n) is 1.54. The zero-order valence-corrected chi connectivity index (χ0v) is 11.9. The van der Waals surface area contributed by atoms with Crippen molar-refractivity contribution >= 4 is 31.9 Å². The number of halogens is 4. The lowest BCUT2D eigenvalue weighted by Crippen LogP contribution is -1.88. The van der Waals surface area contributed by atoms with Crippen molar-refractivity contribution in [1.29, 1.82) is 0 Å². The van der Waals surface area contributed by atoms with Crippen LogP contribution >= 0.6 is 31.9 Å². The Kier molecular flexibility index (Phi) is 3.59. The van der Waals surface area contributed by atoms with E-state index in [1.807, 2.05) is 0 Å². The van der Waals surface area contributed by atoms with E-state index in [1.165, 1.54) is 12.1 Å². The van der Waals surface area contributed by atoms with Gasteiger partial charge in [0.2, 0.25) is 0 Å². The molecule has 0 saturated heterocycles. The van der Waals surface area contributed by atoms with E-state index >= 15 is 0 Å². The molecule has 0 aliphatic rings. The van der Waals surface area contributed by atoms with Crippen molar-refractivity contribution in [1.82, 2.24) is 0 Å². The Morgan fingerprint density at radius 3 is 1.39 bits per heavy atom. The average Bonchev–Trinajstić information content (AvgIpc) is 2.28. The third kappa shape index (κ3) is 2.35. The van der Waals surface area contributed by atoms with E-state index in [9.17, 15) is 19.0 Å². The van der Waals surface area contributed by atoms with Crippen LogP contribution in [0.2, 0.25) is 0 Å².